The van der Waals surface area contributed by atoms with Crippen LogP contribution < -0.4 is 0 Å². The normalized spacial score (nSPS) is 20.1. The molecule has 1 atom stereocenters. The molecule has 0 bridgehead atoms. The summed E-state index contributed by atoms with van der Waals surface area (Å²) < 4.78 is 0. The van der Waals surface area contributed by atoms with E-state index < -0.39 is 6.10 Å². The molecule has 1 unspecified atom stereocenters. The molecule has 1 heterocycles. The highest BCUT2D eigenvalue weighted by Gasteiger charge is 2.26. The van der Waals surface area contributed by atoms with Gasteiger partial charge in [-0.15, -0.1) is 0 Å². The number of aromatic hydroxyl groups is 1. The van der Waals surface area contributed by atoms with Crippen molar-refractivity contribution < 1.29 is 15.0 Å². The number of halogens is 1. The lowest BCUT2D eigenvalue weighted by Gasteiger charge is -2.16. The Morgan fingerprint density at radius 1 is 1.50 bits per heavy atom. The number of carbonyl (C=O) groups excluding carboxylic acids is 1. The van der Waals surface area contributed by atoms with Gasteiger partial charge in [-0.1, -0.05) is 11.6 Å². The van der Waals surface area contributed by atoms with Crippen LogP contribution in [0.4, 0.5) is 0 Å². The van der Waals surface area contributed by atoms with Crippen molar-refractivity contribution in [1.29, 1.82) is 0 Å². The number of aliphatic hydroxyl groups excluding tert-OH is 1. The molecule has 4 nitrogen and oxygen atoms in total. The SMILES string of the molecule is O=C(c1ccc(Cl)cc1O)N1CCC(O)C1. The summed E-state index contributed by atoms with van der Waals surface area (Å²) in [5.74, 6) is -0.399. The number of nitrogens with zero attached hydrogens (tertiary/aromatic N) is 1. The van der Waals surface area contributed by atoms with Gasteiger partial charge in [-0.2, -0.15) is 0 Å². The van der Waals surface area contributed by atoms with Crippen LogP contribution in [0.5, 0.6) is 5.75 Å². The van der Waals surface area contributed by atoms with Crippen molar-refractivity contribution >= 4 is 17.5 Å². The van der Waals surface area contributed by atoms with E-state index in [1.165, 1.54) is 17.0 Å². The smallest absolute Gasteiger partial charge is 0.257 e. The predicted octanol–water partition coefficient (Wildman–Crippen LogP) is 1.25. The number of amides is 1. The highest BCUT2D eigenvalue weighted by atomic mass is 35.5. The summed E-state index contributed by atoms with van der Waals surface area (Å²) in [5, 5.41) is 19.3. The first kappa shape index (κ1) is 11.2. The third-order valence-corrected chi connectivity index (χ3v) is 2.88. The van der Waals surface area contributed by atoms with Crippen molar-refractivity contribution in [3.63, 3.8) is 0 Å². The lowest BCUT2D eigenvalue weighted by molar-refractivity contribution is 0.0762. The number of rotatable bonds is 1. The molecule has 1 aromatic rings. The highest BCUT2D eigenvalue weighted by molar-refractivity contribution is 6.30. The van der Waals surface area contributed by atoms with E-state index in [1.807, 2.05) is 0 Å². The molecule has 0 aliphatic carbocycles. The fraction of sp³-hybridized carbons (Fsp3) is 0.364. The third-order valence-electron chi connectivity index (χ3n) is 2.64. The predicted molar refractivity (Wildman–Crippen MR) is 59.6 cm³/mol. The maximum absolute atomic E-state index is 11.9. The largest absolute Gasteiger partial charge is 0.507 e. The minimum absolute atomic E-state index is 0.126. The summed E-state index contributed by atoms with van der Waals surface area (Å²) in [7, 11) is 0. The van der Waals surface area contributed by atoms with Crippen LogP contribution in [0.2, 0.25) is 5.02 Å². The quantitative estimate of drug-likeness (QED) is 0.778. The molecule has 1 aliphatic rings. The first-order chi connectivity index (χ1) is 7.58. The van der Waals surface area contributed by atoms with Crippen molar-refractivity contribution in [3.8, 4) is 5.75 Å². The average Bonchev–Trinajstić information content (AvgIpc) is 2.64. The van der Waals surface area contributed by atoms with Gasteiger partial charge in [0.15, 0.2) is 0 Å². The lowest BCUT2D eigenvalue weighted by Crippen LogP contribution is -2.29. The van der Waals surface area contributed by atoms with Crippen molar-refractivity contribution in [3.05, 3.63) is 28.8 Å². The first-order valence-electron chi connectivity index (χ1n) is 5.04. The number of β-amino-alcohol motifs (C(OH)–C–C–N with tert-alkyl or cyclic N) is 1. The Bertz CT molecular complexity index is 422. The van der Waals surface area contributed by atoms with Gasteiger partial charge in [0.2, 0.25) is 0 Å². The Kier molecular flexibility index (Phi) is 3.03. The number of phenols is 1. The van der Waals surface area contributed by atoms with Gasteiger partial charge >= 0.3 is 0 Å². The number of benzene rings is 1. The Morgan fingerprint density at radius 3 is 2.81 bits per heavy atom. The summed E-state index contributed by atoms with van der Waals surface area (Å²) in [6.45, 7) is 0.836. The lowest BCUT2D eigenvalue weighted by atomic mass is 10.2. The van der Waals surface area contributed by atoms with Crippen molar-refractivity contribution in [2.75, 3.05) is 13.1 Å². The fourth-order valence-corrected chi connectivity index (χ4v) is 1.95. The maximum Gasteiger partial charge on any atom is 0.257 e. The summed E-state index contributed by atoms with van der Waals surface area (Å²) in [4.78, 5) is 13.5. The van der Waals surface area contributed by atoms with E-state index in [1.54, 1.807) is 6.07 Å². The van der Waals surface area contributed by atoms with Gasteiger partial charge in [0.1, 0.15) is 5.75 Å². The Hall–Kier alpha value is -1.26. The van der Waals surface area contributed by atoms with Crippen LogP contribution in [-0.4, -0.2) is 40.2 Å². The van der Waals surface area contributed by atoms with E-state index in [2.05, 4.69) is 0 Å². The monoisotopic (exact) mass is 241 g/mol. The van der Waals surface area contributed by atoms with E-state index in [4.69, 9.17) is 11.6 Å². The molecule has 1 saturated heterocycles. The zero-order valence-corrected chi connectivity index (χ0v) is 9.31. The van der Waals surface area contributed by atoms with E-state index >= 15 is 0 Å². The molecule has 0 spiro atoms. The number of hydrogen-bond donors (Lipinski definition) is 2. The zero-order valence-electron chi connectivity index (χ0n) is 8.56. The van der Waals surface area contributed by atoms with Crippen molar-refractivity contribution in [1.82, 2.24) is 4.90 Å². The minimum Gasteiger partial charge on any atom is -0.507 e. The van der Waals surface area contributed by atoms with Crippen LogP contribution in [0.15, 0.2) is 18.2 Å². The molecule has 0 radical (unpaired) electrons. The molecule has 1 amide bonds. The van der Waals surface area contributed by atoms with E-state index in [9.17, 15) is 15.0 Å². The van der Waals surface area contributed by atoms with Crippen molar-refractivity contribution in [2.24, 2.45) is 0 Å². The number of likely N-dealkylation sites (tertiary alicyclic amines) is 1. The summed E-state index contributed by atoms with van der Waals surface area (Å²) in [6.07, 6.45) is 0.124. The number of hydrogen-bond acceptors (Lipinski definition) is 3. The molecule has 5 heteroatoms. The minimum atomic E-state index is -0.460. The van der Waals surface area contributed by atoms with E-state index in [-0.39, 0.29) is 17.2 Å². The van der Waals surface area contributed by atoms with Gasteiger partial charge in [0.05, 0.1) is 11.7 Å². The van der Waals surface area contributed by atoms with Gasteiger partial charge in [0, 0.05) is 18.1 Å². The van der Waals surface area contributed by atoms with Crippen LogP contribution in [0.25, 0.3) is 0 Å². The molecule has 0 saturated carbocycles. The second kappa shape index (κ2) is 4.31. The Labute approximate surface area is 98.1 Å². The number of aliphatic hydroxyl groups is 1. The second-order valence-electron chi connectivity index (χ2n) is 3.86. The van der Waals surface area contributed by atoms with E-state index in [0.29, 0.717) is 24.5 Å². The van der Waals surface area contributed by atoms with Crippen molar-refractivity contribution in [2.45, 2.75) is 12.5 Å². The van der Waals surface area contributed by atoms with Crippen LogP contribution in [0, 0.1) is 0 Å². The zero-order chi connectivity index (χ0) is 11.7. The Morgan fingerprint density at radius 2 is 2.25 bits per heavy atom. The number of phenolic OH excluding ortho intramolecular Hbond substituents is 1. The topological polar surface area (TPSA) is 60.8 Å². The molecular weight excluding hydrogens is 230 g/mol. The fourth-order valence-electron chi connectivity index (χ4n) is 1.78. The summed E-state index contributed by atoms with van der Waals surface area (Å²) in [6, 6.07) is 4.38. The molecule has 1 aliphatic heterocycles. The van der Waals surface area contributed by atoms with Crippen LogP contribution >= 0.6 is 11.6 Å². The van der Waals surface area contributed by atoms with Gasteiger partial charge < -0.3 is 15.1 Å². The molecule has 1 aromatic carbocycles. The van der Waals surface area contributed by atoms with Gasteiger partial charge in [0.25, 0.3) is 5.91 Å². The van der Waals surface area contributed by atoms with Gasteiger partial charge in [-0.05, 0) is 24.6 Å². The third kappa shape index (κ3) is 2.13. The molecule has 2 N–H and O–H groups in total. The Balaban J connectivity index is 2.21. The molecule has 1 fully saturated rings. The molecular formula is C11H12ClNO3. The van der Waals surface area contributed by atoms with E-state index in [0.717, 1.165) is 0 Å². The average molecular weight is 242 g/mol. The number of carbonyl (C=O) groups is 1. The molecule has 16 heavy (non-hydrogen) atoms. The summed E-state index contributed by atoms with van der Waals surface area (Å²) >= 11 is 5.68. The highest BCUT2D eigenvalue weighted by Crippen LogP contribution is 2.24. The van der Waals surface area contributed by atoms with Crippen LogP contribution in [-0.2, 0) is 0 Å². The first-order valence-corrected chi connectivity index (χ1v) is 5.41. The molecule has 0 aromatic heterocycles. The molecule has 2 rings (SSSR count). The summed E-state index contributed by atoms with van der Waals surface area (Å²) in [5.41, 5.74) is 0.221. The van der Waals surface area contributed by atoms with Crippen LogP contribution in [0.3, 0.4) is 0 Å². The second-order valence-corrected chi connectivity index (χ2v) is 4.29. The van der Waals surface area contributed by atoms with Gasteiger partial charge in [-0.3, -0.25) is 4.79 Å². The maximum atomic E-state index is 11.9. The standard InChI is InChI=1S/C11H12ClNO3/c12-7-1-2-9(10(15)5-7)11(16)13-4-3-8(14)6-13/h1-2,5,8,14-15H,3-4,6H2. The molecule has 86 valence electrons. The van der Waals surface area contributed by atoms with Gasteiger partial charge in [-0.25, -0.2) is 0 Å². The van der Waals surface area contributed by atoms with Crippen LogP contribution in [0.1, 0.15) is 16.8 Å².